The van der Waals surface area contributed by atoms with Gasteiger partial charge in [-0.1, -0.05) is 45.8 Å². The molecular weight excluding hydrogens is 810 g/mol. The van der Waals surface area contributed by atoms with E-state index in [4.69, 9.17) is 4.74 Å². The van der Waals surface area contributed by atoms with E-state index in [0.29, 0.717) is 12.8 Å². The summed E-state index contributed by atoms with van der Waals surface area (Å²) in [5.41, 5.74) is 0.0409. The Bertz CT molecular complexity index is 1240. The Morgan fingerprint density at radius 3 is 2.09 bits per heavy atom. The molecule has 0 aromatic carbocycles. The van der Waals surface area contributed by atoms with Gasteiger partial charge in [-0.25, -0.2) is 4.98 Å². The van der Waals surface area contributed by atoms with Gasteiger partial charge in [-0.15, -0.1) is 11.3 Å². The minimum Gasteiger partial charge on any atom is -0.549 e. The average molecular weight is 863 g/mol. The number of aliphatic hydroxyl groups is 2. The second-order valence-electron chi connectivity index (χ2n) is 12.9. The Hall–Kier alpha value is -2.28. The number of ketones is 1. The molecule has 1 saturated carbocycles. The topological polar surface area (TPSA) is 247 Å². The third kappa shape index (κ3) is 12.6. The van der Waals surface area contributed by atoms with Gasteiger partial charge < -0.3 is 47.1 Å². The smallest absolute Gasteiger partial charge is 0.549 e. The standard InChI is InChI=1S/C27H41NO5S.C6H8O4.2H3N.Pt/c1-16-9-8-10-17(2)25(31)19(4)26(32)27(6,7)23(29)14-24(30)33-22(12-11-16)18(3)13-21-15-34-20(5)28-21;7-4(8)6(5(9)10)2-1-3-6;;;/h11,13,15,17,19,22-23,25,29,31H,8-10,12,14H2,1-7H3;1-3H2,(H,7,8)(H,9,10);2*1H3;/q;;;;+2/p-2/b16-11-,18-13+;;;;/t17-,19+,22-,23-,25-;;;;/m0..../s1. The van der Waals surface area contributed by atoms with Crippen LogP contribution in [0.1, 0.15) is 104 Å². The number of rotatable bonds is 4. The van der Waals surface area contributed by atoms with E-state index in [9.17, 15) is 39.6 Å². The van der Waals surface area contributed by atoms with Gasteiger partial charge in [0.15, 0.2) is 0 Å². The zero-order chi connectivity index (χ0) is 33.4. The Labute approximate surface area is 296 Å². The van der Waals surface area contributed by atoms with Gasteiger partial charge in [-0.2, -0.15) is 0 Å². The van der Waals surface area contributed by atoms with Gasteiger partial charge >= 0.3 is 27.0 Å². The van der Waals surface area contributed by atoms with Crippen molar-refractivity contribution in [1.29, 1.82) is 0 Å². The van der Waals surface area contributed by atoms with Gasteiger partial charge in [0.1, 0.15) is 11.9 Å². The van der Waals surface area contributed by atoms with Crippen LogP contribution in [0.4, 0.5) is 0 Å². The van der Waals surface area contributed by atoms with Crippen molar-refractivity contribution >= 4 is 41.1 Å². The van der Waals surface area contributed by atoms with Crippen molar-refractivity contribution in [3.63, 3.8) is 0 Å². The molecule has 270 valence electrons. The Morgan fingerprint density at radius 1 is 1.06 bits per heavy atom. The number of carboxylic acids is 2. The number of Topliss-reactive ketones (excluding diaryl/α,β-unsaturated/α-hetero) is 1. The van der Waals surface area contributed by atoms with Crippen molar-refractivity contribution in [3.8, 4) is 0 Å². The predicted molar refractivity (Wildman–Crippen MR) is 173 cm³/mol. The third-order valence-electron chi connectivity index (χ3n) is 9.03. The maximum Gasteiger partial charge on any atom is 2.00 e. The van der Waals surface area contributed by atoms with Crippen molar-refractivity contribution < 1.29 is 65.4 Å². The number of allylic oxidation sites excluding steroid dienone is 1. The van der Waals surface area contributed by atoms with Crippen molar-refractivity contribution in [2.75, 3.05) is 0 Å². The van der Waals surface area contributed by atoms with E-state index in [1.807, 2.05) is 32.2 Å². The molecule has 14 heteroatoms. The summed E-state index contributed by atoms with van der Waals surface area (Å²) in [6.07, 6.45) is 5.26. The first-order valence-electron chi connectivity index (χ1n) is 15.2. The van der Waals surface area contributed by atoms with Crippen molar-refractivity contribution in [2.45, 2.75) is 118 Å². The summed E-state index contributed by atoms with van der Waals surface area (Å²) in [7, 11) is 0. The van der Waals surface area contributed by atoms with Gasteiger partial charge in [-0.3, -0.25) is 9.59 Å². The average Bonchev–Trinajstić information content (AvgIpc) is 3.32. The van der Waals surface area contributed by atoms with Crippen molar-refractivity contribution in [3.05, 3.63) is 33.3 Å². The van der Waals surface area contributed by atoms with Crippen LogP contribution in [0.3, 0.4) is 0 Å². The summed E-state index contributed by atoms with van der Waals surface area (Å²) in [6, 6.07) is 0. The van der Waals surface area contributed by atoms with Crippen molar-refractivity contribution in [1.82, 2.24) is 17.3 Å². The maximum atomic E-state index is 13.2. The number of aliphatic carboxylic acids is 2. The van der Waals surface area contributed by atoms with Crippen molar-refractivity contribution in [2.24, 2.45) is 22.7 Å². The molecule has 0 unspecified atom stereocenters. The molecule has 12 nitrogen and oxygen atoms in total. The minimum absolute atomic E-state index is 0. The fraction of sp³-hybridized carbons (Fsp3) is 0.667. The Morgan fingerprint density at radius 2 is 1.64 bits per heavy atom. The monoisotopic (exact) mass is 862 g/mol. The molecule has 2 heterocycles. The molecule has 1 aliphatic carbocycles. The Kier molecular flexibility index (Phi) is 20.2. The number of carbonyl (C=O) groups excluding carboxylic acids is 4. The number of thiazole rings is 1. The predicted octanol–water partition coefficient (Wildman–Crippen LogP) is 3.24. The van der Waals surface area contributed by atoms with E-state index < -0.39 is 53.0 Å². The van der Waals surface area contributed by atoms with Crippen LogP contribution in [-0.2, 0) is 45.0 Å². The number of cyclic esters (lactones) is 1. The summed E-state index contributed by atoms with van der Waals surface area (Å²) in [5, 5.41) is 44.9. The zero-order valence-electron chi connectivity index (χ0n) is 28.6. The number of esters is 1. The summed E-state index contributed by atoms with van der Waals surface area (Å²) in [4.78, 5) is 50.9. The number of hydrogen-bond donors (Lipinski definition) is 4. The fourth-order valence-electron chi connectivity index (χ4n) is 5.42. The van der Waals surface area contributed by atoms with Gasteiger partial charge in [-0.05, 0) is 70.4 Å². The second kappa shape index (κ2) is 20.3. The first-order valence-corrected chi connectivity index (χ1v) is 16.1. The Balaban J connectivity index is 0. The molecule has 0 bridgehead atoms. The molecule has 0 spiro atoms. The van der Waals surface area contributed by atoms with Gasteiger partial charge in [0.05, 0.1) is 46.7 Å². The van der Waals surface area contributed by atoms with Crippen LogP contribution in [0.2, 0.25) is 0 Å². The number of aromatic nitrogens is 1. The number of nitrogens with zero attached hydrogens (tertiary/aromatic N) is 1. The number of aliphatic hydroxyl groups excluding tert-OH is 2. The van der Waals surface area contributed by atoms with Gasteiger partial charge in [0, 0.05) is 23.1 Å². The molecular formula is C33H53N3O9PtS. The number of hydrogen-bond acceptors (Lipinski definition) is 13. The van der Waals surface area contributed by atoms with Crippen LogP contribution in [0.5, 0.6) is 0 Å². The number of carboxylic acid groups (broad SMARTS) is 2. The van der Waals surface area contributed by atoms with Crippen LogP contribution in [-0.4, -0.2) is 57.2 Å². The molecule has 0 amide bonds. The number of aryl methyl sites for hydroxylation is 1. The first kappa shape index (κ1) is 46.8. The molecule has 0 saturated heterocycles. The quantitative estimate of drug-likeness (QED) is 0.194. The van der Waals surface area contributed by atoms with E-state index in [1.165, 1.54) is 5.57 Å². The molecule has 1 aliphatic heterocycles. The van der Waals surface area contributed by atoms with Crippen LogP contribution in [0.15, 0.2) is 22.6 Å². The number of ether oxygens (including phenoxy) is 1. The molecule has 47 heavy (non-hydrogen) atoms. The van der Waals surface area contributed by atoms with Crippen LogP contribution in [0.25, 0.3) is 6.08 Å². The maximum absolute atomic E-state index is 13.2. The normalized spacial score (nSPS) is 27.7. The summed E-state index contributed by atoms with van der Waals surface area (Å²) in [5.74, 6) is -4.52. The van der Waals surface area contributed by atoms with E-state index in [1.54, 1.807) is 32.1 Å². The third-order valence-corrected chi connectivity index (χ3v) is 9.82. The summed E-state index contributed by atoms with van der Waals surface area (Å²) < 4.78 is 5.81. The zero-order valence-corrected chi connectivity index (χ0v) is 31.7. The molecule has 5 atom stereocenters. The van der Waals surface area contributed by atoms with E-state index in [2.05, 4.69) is 18.0 Å². The molecule has 1 aromatic rings. The largest absolute Gasteiger partial charge is 2.00 e. The minimum atomic E-state index is -1.67. The van der Waals surface area contributed by atoms with Crippen LogP contribution < -0.4 is 22.5 Å². The summed E-state index contributed by atoms with van der Waals surface area (Å²) in [6.45, 7) is 12.8. The number of carbonyl (C=O) groups is 4. The molecule has 1 fully saturated rings. The summed E-state index contributed by atoms with van der Waals surface area (Å²) >= 11 is 1.56. The molecule has 1 aromatic heterocycles. The van der Waals surface area contributed by atoms with Gasteiger partial charge in [0.2, 0.25) is 0 Å². The fourth-order valence-corrected chi connectivity index (χ4v) is 5.99. The van der Waals surface area contributed by atoms with Crippen LogP contribution in [0, 0.1) is 29.6 Å². The SMILES string of the molecule is C/C1=C/C[C@@H](/C(C)=C/c2csc(C)n2)OC(=O)C[C@H](O)C(C)(C)C(=O)[C@H](C)[C@@H](O)[C@@H](C)CCC1.N.N.O=C([O-])C1(C(=O)[O-])CCC1.[Pt+2]. The van der Waals surface area contributed by atoms with E-state index >= 15 is 0 Å². The molecule has 8 N–H and O–H groups in total. The van der Waals surface area contributed by atoms with Gasteiger partial charge in [0.25, 0.3) is 0 Å². The van der Waals surface area contributed by atoms with E-state index in [-0.39, 0.29) is 64.3 Å². The molecule has 2 aliphatic rings. The second-order valence-corrected chi connectivity index (χ2v) is 14.0. The van der Waals surface area contributed by atoms with Crippen LogP contribution >= 0.6 is 11.3 Å². The molecule has 3 rings (SSSR count). The molecule has 0 radical (unpaired) electrons. The first-order chi connectivity index (χ1) is 20.4. The van der Waals surface area contributed by atoms with E-state index in [0.717, 1.165) is 35.5 Å².